The molecule has 2 rings (SSSR count). The van der Waals surface area contributed by atoms with E-state index < -0.39 is 0 Å². The first-order valence-electron chi connectivity index (χ1n) is 5.45. The minimum atomic E-state index is -0.0806. The van der Waals surface area contributed by atoms with Crippen molar-refractivity contribution in [3.05, 3.63) is 51.5 Å². The number of aryl methyl sites for hydroxylation is 1. The molecule has 0 saturated carbocycles. The molecule has 0 unspecified atom stereocenters. The number of aromatic nitrogens is 2. The standard InChI is InChI=1S/C13H12Cl2N2O/c1-8-9(2)17(7-16-8)6-13(18)11-5-10(14)3-4-12(11)15/h3-5,7H,6H2,1-2H3. The summed E-state index contributed by atoms with van der Waals surface area (Å²) in [5.41, 5.74) is 2.33. The van der Waals surface area contributed by atoms with Crippen molar-refractivity contribution < 1.29 is 4.79 Å². The topological polar surface area (TPSA) is 34.9 Å². The highest BCUT2D eigenvalue weighted by molar-refractivity contribution is 6.35. The molecule has 1 aromatic carbocycles. The van der Waals surface area contributed by atoms with E-state index in [2.05, 4.69) is 4.98 Å². The van der Waals surface area contributed by atoms with E-state index in [1.54, 1.807) is 29.1 Å². The Morgan fingerprint density at radius 1 is 1.33 bits per heavy atom. The summed E-state index contributed by atoms with van der Waals surface area (Å²) in [7, 11) is 0. The Bertz CT molecular complexity index is 605. The summed E-state index contributed by atoms with van der Waals surface area (Å²) in [4.78, 5) is 16.3. The second-order valence-corrected chi connectivity index (χ2v) is 4.93. The van der Waals surface area contributed by atoms with Gasteiger partial charge in [-0.05, 0) is 32.0 Å². The Morgan fingerprint density at radius 3 is 2.67 bits per heavy atom. The molecule has 1 heterocycles. The van der Waals surface area contributed by atoms with Gasteiger partial charge in [-0.15, -0.1) is 0 Å². The molecule has 0 N–H and O–H groups in total. The Labute approximate surface area is 115 Å². The third-order valence-corrected chi connectivity index (χ3v) is 3.45. The van der Waals surface area contributed by atoms with Gasteiger partial charge in [0.05, 0.1) is 23.6 Å². The van der Waals surface area contributed by atoms with Crippen LogP contribution in [0.15, 0.2) is 24.5 Å². The summed E-state index contributed by atoms with van der Waals surface area (Å²) in [5, 5.41) is 0.917. The van der Waals surface area contributed by atoms with Crippen LogP contribution in [0.1, 0.15) is 21.7 Å². The van der Waals surface area contributed by atoms with Gasteiger partial charge in [0.1, 0.15) is 0 Å². The fraction of sp³-hybridized carbons (Fsp3) is 0.231. The van der Waals surface area contributed by atoms with Gasteiger partial charge in [0.2, 0.25) is 0 Å². The van der Waals surface area contributed by atoms with E-state index >= 15 is 0 Å². The predicted molar refractivity (Wildman–Crippen MR) is 72.5 cm³/mol. The molecule has 3 nitrogen and oxygen atoms in total. The molecule has 0 fully saturated rings. The van der Waals surface area contributed by atoms with E-state index in [9.17, 15) is 4.79 Å². The van der Waals surface area contributed by atoms with E-state index in [0.29, 0.717) is 15.6 Å². The zero-order chi connectivity index (χ0) is 13.3. The van der Waals surface area contributed by atoms with Crippen LogP contribution < -0.4 is 0 Å². The lowest BCUT2D eigenvalue weighted by molar-refractivity contribution is 0.0971. The van der Waals surface area contributed by atoms with Gasteiger partial charge < -0.3 is 4.57 Å². The molecular formula is C13H12Cl2N2O. The molecule has 0 aliphatic rings. The number of carbonyl (C=O) groups excluding carboxylic acids is 1. The number of carbonyl (C=O) groups is 1. The number of hydrogen-bond donors (Lipinski definition) is 0. The summed E-state index contributed by atoms with van der Waals surface area (Å²) in [5.74, 6) is -0.0806. The molecule has 0 bridgehead atoms. The van der Waals surface area contributed by atoms with Gasteiger partial charge in [0.15, 0.2) is 5.78 Å². The molecule has 18 heavy (non-hydrogen) atoms. The smallest absolute Gasteiger partial charge is 0.184 e. The maximum atomic E-state index is 12.2. The number of rotatable bonds is 3. The van der Waals surface area contributed by atoms with Crippen LogP contribution in [0, 0.1) is 13.8 Å². The van der Waals surface area contributed by atoms with Crippen molar-refractivity contribution >= 4 is 29.0 Å². The second kappa shape index (κ2) is 5.12. The number of ketones is 1. The molecule has 0 amide bonds. The van der Waals surface area contributed by atoms with Gasteiger partial charge in [-0.3, -0.25) is 4.79 Å². The van der Waals surface area contributed by atoms with Crippen molar-refractivity contribution in [3.8, 4) is 0 Å². The highest BCUT2D eigenvalue weighted by Gasteiger charge is 2.13. The van der Waals surface area contributed by atoms with Crippen molar-refractivity contribution in [1.82, 2.24) is 9.55 Å². The van der Waals surface area contributed by atoms with Gasteiger partial charge in [0.25, 0.3) is 0 Å². The third-order valence-electron chi connectivity index (χ3n) is 2.89. The quantitative estimate of drug-likeness (QED) is 0.805. The molecule has 0 saturated heterocycles. The van der Waals surface area contributed by atoms with Gasteiger partial charge >= 0.3 is 0 Å². The van der Waals surface area contributed by atoms with Gasteiger partial charge in [0, 0.05) is 16.3 Å². The number of Topliss-reactive ketones (excluding diaryl/α,β-unsaturated/α-hetero) is 1. The largest absolute Gasteiger partial charge is 0.327 e. The highest BCUT2D eigenvalue weighted by atomic mass is 35.5. The monoisotopic (exact) mass is 282 g/mol. The molecule has 0 atom stereocenters. The molecule has 0 aliphatic heterocycles. The van der Waals surface area contributed by atoms with E-state index in [4.69, 9.17) is 23.2 Å². The first-order valence-corrected chi connectivity index (χ1v) is 6.21. The van der Waals surface area contributed by atoms with Crippen LogP contribution in [-0.4, -0.2) is 15.3 Å². The minimum Gasteiger partial charge on any atom is -0.327 e. The number of hydrogen-bond acceptors (Lipinski definition) is 2. The number of imidazole rings is 1. The van der Waals surface area contributed by atoms with E-state index in [0.717, 1.165) is 11.4 Å². The Kier molecular flexibility index (Phi) is 3.73. The van der Waals surface area contributed by atoms with Crippen molar-refractivity contribution in [3.63, 3.8) is 0 Å². The molecule has 5 heteroatoms. The van der Waals surface area contributed by atoms with Crippen molar-refractivity contribution in [2.45, 2.75) is 20.4 Å². The lowest BCUT2D eigenvalue weighted by Gasteiger charge is -2.07. The summed E-state index contributed by atoms with van der Waals surface area (Å²) in [6.07, 6.45) is 1.65. The normalized spacial score (nSPS) is 10.7. The van der Waals surface area contributed by atoms with Gasteiger partial charge in [-0.2, -0.15) is 0 Å². The first-order chi connectivity index (χ1) is 8.49. The van der Waals surface area contributed by atoms with Crippen LogP contribution in [0.5, 0.6) is 0 Å². The molecule has 2 aromatic rings. The maximum absolute atomic E-state index is 12.2. The second-order valence-electron chi connectivity index (χ2n) is 4.09. The molecule has 94 valence electrons. The lowest BCUT2D eigenvalue weighted by Crippen LogP contribution is -2.11. The Hall–Kier alpha value is -1.32. The Morgan fingerprint density at radius 2 is 2.06 bits per heavy atom. The summed E-state index contributed by atoms with van der Waals surface area (Å²) >= 11 is 11.9. The maximum Gasteiger partial charge on any atom is 0.184 e. The average Bonchev–Trinajstić information content (AvgIpc) is 2.64. The van der Waals surface area contributed by atoms with Crippen molar-refractivity contribution in [2.75, 3.05) is 0 Å². The SMILES string of the molecule is Cc1ncn(CC(=O)c2cc(Cl)ccc2Cl)c1C. The fourth-order valence-electron chi connectivity index (χ4n) is 1.65. The van der Waals surface area contributed by atoms with Crippen LogP contribution in [-0.2, 0) is 6.54 Å². The number of nitrogens with zero attached hydrogens (tertiary/aromatic N) is 2. The van der Waals surface area contributed by atoms with E-state index in [-0.39, 0.29) is 12.3 Å². The van der Waals surface area contributed by atoms with Crippen molar-refractivity contribution in [1.29, 1.82) is 0 Å². The molecule has 0 radical (unpaired) electrons. The van der Waals surface area contributed by atoms with Crippen LogP contribution in [0.3, 0.4) is 0 Å². The Balaban J connectivity index is 2.27. The molecule has 0 spiro atoms. The van der Waals surface area contributed by atoms with Gasteiger partial charge in [-0.25, -0.2) is 4.98 Å². The van der Waals surface area contributed by atoms with Crippen LogP contribution in [0.25, 0.3) is 0 Å². The lowest BCUT2D eigenvalue weighted by atomic mass is 10.1. The van der Waals surface area contributed by atoms with E-state index in [1.165, 1.54) is 0 Å². The minimum absolute atomic E-state index is 0.0806. The van der Waals surface area contributed by atoms with E-state index in [1.807, 2.05) is 13.8 Å². The van der Waals surface area contributed by atoms with Crippen LogP contribution in [0.4, 0.5) is 0 Å². The van der Waals surface area contributed by atoms with Crippen LogP contribution >= 0.6 is 23.2 Å². The zero-order valence-electron chi connectivity index (χ0n) is 10.1. The van der Waals surface area contributed by atoms with Gasteiger partial charge in [-0.1, -0.05) is 23.2 Å². The molecule has 1 aromatic heterocycles. The van der Waals surface area contributed by atoms with Crippen LogP contribution in [0.2, 0.25) is 10.0 Å². The first kappa shape index (κ1) is 13.1. The molecular weight excluding hydrogens is 271 g/mol. The summed E-state index contributed by atoms with van der Waals surface area (Å²) in [6, 6.07) is 4.88. The van der Waals surface area contributed by atoms with Crippen molar-refractivity contribution in [2.24, 2.45) is 0 Å². The predicted octanol–water partition coefficient (Wildman–Crippen LogP) is 3.69. The fourth-order valence-corrected chi connectivity index (χ4v) is 2.05. The molecule has 0 aliphatic carbocycles. The summed E-state index contributed by atoms with van der Waals surface area (Å²) in [6.45, 7) is 4.05. The zero-order valence-corrected chi connectivity index (χ0v) is 11.6. The number of benzene rings is 1. The average molecular weight is 283 g/mol. The summed E-state index contributed by atoms with van der Waals surface area (Å²) < 4.78 is 1.80. The number of halogens is 2. The highest BCUT2D eigenvalue weighted by Crippen LogP contribution is 2.21. The third kappa shape index (κ3) is 2.57.